The van der Waals surface area contributed by atoms with Crippen molar-refractivity contribution in [3.05, 3.63) is 46.8 Å². The number of carbonyl (C=O) groups excluding carboxylic acids is 1. The first-order chi connectivity index (χ1) is 9.50. The SMILES string of the molecule is Cc1nn(C)c(C)c1C(=O)N1c2ccccc2CC1C. The molecular weight excluding hydrogens is 250 g/mol. The summed E-state index contributed by atoms with van der Waals surface area (Å²) < 4.78 is 1.77. The number of hydrogen-bond donors (Lipinski definition) is 0. The van der Waals surface area contributed by atoms with Crippen LogP contribution in [0.2, 0.25) is 0 Å². The minimum absolute atomic E-state index is 0.0607. The lowest BCUT2D eigenvalue weighted by molar-refractivity contribution is 0.0980. The molecule has 4 heteroatoms. The zero-order valence-electron chi connectivity index (χ0n) is 12.3. The molecule has 1 atom stereocenters. The van der Waals surface area contributed by atoms with E-state index in [-0.39, 0.29) is 11.9 Å². The van der Waals surface area contributed by atoms with E-state index in [0.29, 0.717) is 0 Å². The van der Waals surface area contributed by atoms with Crippen LogP contribution in [0, 0.1) is 13.8 Å². The monoisotopic (exact) mass is 269 g/mol. The number of carbonyl (C=O) groups is 1. The number of aryl methyl sites for hydroxylation is 2. The molecule has 1 aliphatic rings. The second-order valence-electron chi connectivity index (χ2n) is 5.53. The Balaban J connectivity index is 2.07. The van der Waals surface area contributed by atoms with Crippen LogP contribution in [0.4, 0.5) is 5.69 Å². The molecule has 4 nitrogen and oxygen atoms in total. The highest BCUT2D eigenvalue weighted by molar-refractivity contribution is 6.09. The van der Waals surface area contributed by atoms with Crippen molar-refractivity contribution in [2.45, 2.75) is 33.2 Å². The summed E-state index contributed by atoms with van der Waals surface area (Å²) >= 11 is 0. The van der Waals surface area contributed by atoms with E-state index in [4.69, 9.17) is 0 Å². The average molecular weight is 269 g/mol. The van der Waals surface area contributed by atoms with Crippen LogP contribution in [-0.4, -0.2) is 21.7 Å². The zero-order chi connectivity index (χ0) is 14.4. The molecule has 20 heavy (non-hydrogen) atoms. The van der Waals surface area contributed by atoms with Crippen molar-refractivity contribution < 1.29 is 4.79 Å². The Hall–Kier alpha value is -2.10. The highest BCUT2D eigenvalue weighted by Gasteiger charge is 2.33. The maximum absolute atomic E-state index is 12.9. The molecule has 0 radical (unpaired) electrons. The van der Waals surface area contributed by atoms with Gasteiger partial charge in [-0.2, -0.15) is 5.10 Å². The van der Waals surface area contributed by atoms with Crippen molar-refractivity contribution in [2.24, 2.45) is 7.05 Å². The maximum Gasteiger partial charge on any atom is 0.262 e. The van der Waals surface area contributed by atoms with Crippen molar-refractivity contribution in [3.63, 3.8) is 0 Å². The predicted molar refractivity (Wildman–Crippen MR) is 79.1 cm³/mol. The Kier molecular flexibility index (Phi) is 2.89. The van der Waals surface area contributed by atoms with E-state index in [2.05, 4.69) is 18.1 Å². The molecule has 0 saturated carbocycles. The molecule has 1 aliphatic heterocycles. The van der Waals surface area contributed by atoms with Gasteiger partial charge < -0.3 is 4.90 Å². The van der Waals surface area contributed by atoms with Gasteiger partial charge in [0, 0.05) is 24.5 Å². The Bertz CT molecular complexity index is 687. The lowest BCUT2D eigenvalue weighted by Gasteiger charge is -2.23. The Morgan fingerprint density at radius 2 is 2.00 bits per heavy atom. The molecule has 0 bridgehead atoms. The molecule has 1 amide bonds. The summed E-state index contributed by atoms with van der Waals surface area (Å²) in [4.78, 5) is 14.9. The number of benzene rings is 1. The molecule has 0 spiro atoms. The van der Waals surface area contributed by atoms with Gasteiger partial charge in [0.1, 0.15) is 0 Å². The molecule has 3 rings (SSSR count). The van der Waals surface area contributed by atoms with Crippen LogP contribution in [0.5, 0.6) is 0 Å². The molecule has 1 unspecified atom stereocenters. The van der Waals surface area contributed by atoms with E-state index >= 15 is 0 Å². The van der Waals surface area contributed by atoms with E-state index in [1.165, 1.54) is 5.56 Å². The number of amides is 1. The molecule has 1 aromatic heterocycles. The summed E-state index contributed by atoms with van der Waals surface area (Å²) in [6, 6.07) is 8.33. The number of para-hydroxylation sites is 1. The zero-order valence-corrected chi connectivity index (χ0v) is 12.3. The van der Waals surface area contributed by atoms with Crippen molar-refractivity contribution in [3.8, 4) is 0 Å². The number of anilines is 1. The van der Waals surface area contributed by atoms with Crippen LogP contribution in [0.3, 0.4) is 0 Å². The third kappa shape index (κ3) is 1.75. The number of hydrogen-bond acceptors (Lipinski definition) is 2. The van der Waals surface area contributed by atoms with Crippen LogP contribution < -0.4 is 4.90 Å². The van der Waals surface area contributed by atoms with Crippen molar-refractivity contribution >= 4 is 11.6 Å². The fourth-order valence-electron chi connectivity index (χ4n) is 3.08. The second kappa shape index (κ2) is 4.47. The molecule has 2 heterocycles. The number of rotatable bonds is 1. The van der Waals surface area contributed by atoms with Crippen molar-refractivity contribution in [1.29, 1.82) is 0 Å². The largest absolute Gasteiger partial charge is 0.305 e. The molecule has 0 fully saturated rings. The second-order valence-corrected chi connectivity index (χ2v) is 5.53. The quantitative estimate of drug-likeness (QED) is 0.798. The van der Waals surface area contributed by atoms with Gasteiger partial charge in [-0.25, -0.2) is 0 Å². The highest BCUT2D eigenvalue weighted by Crippen LogP contribution is 2.33. The summed E-state index contributed by atoms with van der Waals surface area (Å²) in [5.41, 5.74) is 4.73. The standard InChI is InChI=1S/C16H19N3O/c1-10-9-13-7-5-6-8-14(13)19(10)16(20)15-11(2)17-18(4)12(15)3/h5-8,10H,9H2,1-4H3. The molecule has 0 aliphatic carbocycles. The summed E-state index contributed by atoms with van der Waals surface area (Å²) in [7, 11) is 1.88. The van der Waals surface area contributed by atoms with E-state index in [1.807, 2.05) is 44.0 Å². The van der Waals surface area contributed by atoms with Gasteiger partial charge in [-0.3, -0.25) is 9.48 Å². The lowest BCUT2D eigenvalue weighted by atomic mass is 10.1. The van der Waals surface area contributed by atoms with Gasteiger partial charge in [0.25, 0.3) is 5.91 Å². The van der Waals surface area contributed by atoms with Gasteiger partial charge in [0.15, 0.2) is 0 Å². The molecule has 104 valence electrons. The average Bonchev–Trinajstić information content (AvgIpc) is 2.85. The van der Waals surface area contributed by atoms with Crippen LogP contribution in [0.1, 0.15) is 34.2 Å². The van der Waals surface area contributed by atoms with Gasteiger partial charge in [-0.15, -0.1) is 0 Å². The summed E-state index contributed by atoms with van der Waals surface area (Å²) in [5, 5.41) is 4.35. The summed E-state index contributed by atoms with van der Waals surface area (Å²) in [6.45, 7) is 5.94. The topological polar surface area (TPSA) is 38.1 Å². The summed E-state index contributed by atoms with van der Waals surface area (Å²) in [5.74, 6) is 0.0607. The van der Waals surface area contributed by atoms with E-state index < -0.39 is 0 Å². The van der Waals surface area contributed by atoms with Gasteiger partial charge in [0.05, 0.1) is 11.3 Å². The first-order valence-corrected chi connectivity index (χ1v) is 6.92. The van der Waals surface area contributed by atoms with Crippen LogP contribution in [0.25, 0.3) is 0 Å². The van der Waals surface area contributed by atoms with Gasteiger partial charge in [-0.05, 0) is 38.8 Å². The molecule has 0 saturated heterocycles. The minimum atomic E-state index is 0.0607. The lowest BCUT2D eigenvalue weighted by Crippen LogP contribution is -2.36. The summed E-state index contributed by atoms with van der Waals surface area (Å²) in [6.07, 6.45) is 0.917. The van der Waals surface area contributed by atoms with E-state index in [9.17, 15) is 4.79 Å². The van der Waals surface area contributed by atoms with Crippen molar-refractivity contribution in [2.75, 3.05) is 4.90 Å². The molecule has 1 aromatic carbocycles. The van der Waals surface area contributed by atoms with Gasteiger partial charge in [-0.1, -0.05) is 18.2 Å². The molecule has 0 N–H and O–H groups in total. The smallest absolute Gasteiger partial charge is 0.262 e. The van der Waals surface area contributed by atoms with Gasteiger partial charge >= 0.3 is 0 Å². The first-order valence-electron chi connectivity index (χ1n) is 6.92. The maximum atomic E-state index is 12.9. The number of aromatic nitrogens is 2. The van der Waals surface area contributed by atoms with E-state index in [1.54, 1.807) is 4.68 Å². The predicted octanol–water partition coefficient (Wildman–Crippen LogP) is 2.63. The fraction of sp³-hybridized carbons (Fsp3) is 0.375. The molecule has 2 aromatic rings. The Morgan fingerprint density at radius 1 is 1.30 bits per heavy atom. The Morgan fingerprint density at radius 3 is 2.65 bits per heavy atom. The normalized spacial score (nSPS) is 17.4. The van der Waals surface area contributed by atoms with E-state index in [0.717, 1.165) is 29.1 Å². The van der Waals surface area contributed by atoms with Crippen LogP contribution >= 0.6 is 0 Å². The van der Waals surface area contributed by atoms with Crippen molar-refractivity contribution in [1.82, 2.24) is 9.78 Å². The van der Waals surface area contributed by atoms with Crippen LogP contribution in [0.15, 0.2) is 24.3 Å². The highest BCUT2D eigenvalue weighted by atomic mass is 16.2. The third-order valence-corrected chi connectivity index (χ3v) is 4.15. The number of fused-ring (bicyclic) bond motifs is 1. The fourth-order valence-corrected chi connectivity index (χ4v) is 3.08. The third-order valence-electron chi connectivity index (χ3n) is 4.15. The molecular formula is C16H19N3O. The Labute approximate surface area is 119 Å². The minimum Gasteiger partial charge on any atom is -0.305 e. The first kappa shape index (κ1) is 12.9. The van der Waals surface area contributed by atoms with Crippen LogP contribution in [-0.2, 0) is 13.5 Å². The van der Waals surface area contributed by atoms with Gasteiger partial charge in [0.2, 0.25) is 0 Å². The number of nitrogens with zero attached hydrogens (tertiary/aromatic N) is 3.